The SMILES string of the molecule is Cc1nn(Cc2ccc(F)cc2)c(=O)n(Cc2ccc(F)cc2)c1=O. The zero-order valence-electron chi connectivity index (χ0n) is 13.4. The van der Waals surface area contributed by atoms with E-state index in [2.05, 4.69) is 5.10 Å². The van der Waals surface area contributed by atoms with Gasteiger partial charge in [0.05, 0.1) is 13.1 Å². The van der Waals surface area contributed by atoms with Crippen molar-refractivity contribution in [3.05, 3.63) is 97.8 Å². The van der Waals surface area contributed by atoms with Gasteiger partial charge in [0.2, 0.25) is 0 Å². The molecule has 7 heteroatoms. The minimum absolute atomic E-state index is 0.0186. The molecule has 3 aromatic rings. The predicted octanol–water partition coefficient (Wildman–Crippen LogP) is 2.09. The molecule has 3 rings (SSSR count). The van der Waals surface area contributed by atoms with Crippen molar-refractivity contribution in [3.8, 4) is 0 Å². The van der Waals surface area contributed by atoms with Crippen molar-refractivity contribution in [3.63, 3.8) is 0 Å². The van der Waals surface area contributed by atoms with E-state index in [1.54, 1.807) is 12.1 Å². The largest absolute Gasteiger partial charge is 0.348 e. The minimum atomic E-state index is -0.579. The number of rotatable bonds is 4. The number of benzene rings is 2. The Balaban J connectivity index is 1.99. The van der Waals surface area contributed by atoms with E-state index in [-0.39, 0.29) is 24.6 Å². The highest BCUT2D eigenvalue weighted by Gasteiger charge is 2.11. The zero-order valence-corrected chi connectivity index (χ0v) is 13.4. The quantitative estimate of drug-likeness (QED) is 0.729. The van der Waals surface area contributed by atoms with Crippen molar-refractivity contribution in [2.24, 2.45) is 0 Å². The van der Waals surface area contributed by atoms with Gasteiger partial charge in [0, 0.05) is 0 Å². The molecule has 0 saturated heterocycles. The Morgan fingerprint density at radius 3 is 1.84 bits per heavy atom. The van der Waals surface area contributed by atoms with Crippen LogP contribution in [0.3, 0.4) is 0 Å². The Hall–Kier alpha value is -3.09. The Bertz CT molecular complexity index is 1010. The van der Waals surface area contributed by atoms with Crippen LogP contribution in [0.25, 0.3) is 0 Å². The maximum atomic E-state index is 13.0. The summed E-state index contributed by atoms with van der Waals surface area (Å²) >= 11 is 0. The van der Waals surface area contributed by atoms with E-state index in [9.17, 15) is 18.4 Å². The molecule has 1 aromatic heterocycles. The van der Waals surface area contributed by atoms with Gasteiger partial charge in [-0.2, -0.15) is 5.10 Å². The fourth-order valence-electron chi connectivity index (χ4n) is 2.47. The number of nitrogens with zero attached hydrogens (tertiary/aromatic N) is 3. The van der Waals surface area contributed by atoms with E-state index in [1.807, 2.05) is 0 Å². The van der Waals surface area contributed by atoms with Gasteiger partial charge in [0.15, 0.2) is 0 Å². The second-order valence-electron chi connectivity index (χ2n) is 5.67. The molecule has 0 saturated carbocycles. The number of aryl methyl sites for hydroxylation is 1. The minimum Gasteiger partial charge on any atom is -0.267 e. The number of halogens is 2. The van der Waals surface area contributed by atoms with E-state index < -0.39 is 17.1 Å². The van der Waals surface area contributed by atoms with Gasteiger partial charge in [0.1, 0.15) is 17.3 Å². The van der Waals surface area contributed by atoms with Crippen LogP contribution in [-0.4, -0.2) is 14.3 Å². The third-order valence-corrected chi connectivity index (χ3v) is 3.78. The van der Waals surface area contributed by atoms with Gasteiger partial charge in [-0.3, -0.25) is 9.36 Å². The van der Waals surface area contributed by atoms with Crippen molar-refractivity contribution >= 4 is 0 Å². The van der Waals surface area contributed by atoms with Crippen molar-refractivity contribution in [1.29, 1.82) is 0 Å². The molecule has 5 nitrogen and oxygen atoms in total. The molecule has 0 N–H and O–H groups in total. The third-order valence-electron chi connectivity index (χ3n) is 3.78. The average Bonchev–Trinajstić information content (AvgIpc) is 2.60. The molecular formula is C18H15F2N3O2. The number of aromatic nitrogens is 3. The van der Waals surface area contributed by atoms with Gasteiger partial charge in [-0.15, -0.1) is 0 Å². The van der Waals surface area contributed by atoms with Gasteiger partial charge in [0.25, 0.3) is 5.56 Å². The monoisotopic (exact) mass is 343 g/mol. The summed E-state index contributed by atoms with van der Waals surface area (Å²) < 4.78 is 28.2. The summed E-state index contributed by atoms with van der Waals surface area (Å²) in [7, 11) is 0. The van der Waals surface area contributed by atoms with Crippen molar-refractivity contribution < 1.29 is 8.78 Å². The molecule has 128 valence electrons. The van der Waals surface area contributed by atoms with Crippen LogP contribution in [0.4, 0.5) is 8.78 Å². The fraction of sp³-hybridized carbons (Fsp3) is 0.167. The van der Waals surface area contributed by atoms with Gasteiger partial charge >= 0.3 is 5.69 Å². The first kappa shape index (κ1) is 16.8. The van der Waals surface area contributed by atoms with E-state index >= 15 is 0 Å². The predicted molar refractivity (Wildman–Crippen MR) is 88.5 cm³/mol. The summed E-state index contributed by atoms with van der Waals surface area (Å²) in [5.41, 5.74) is 0.402. The molecule has 0 radical (unpaired) electrons. The van der Waals surface area contributed by atoms with Gasteiger partial charge in [-0.1, -0.05) is 24.3 Å². The summed E-state index contributed by atoms with van der Waals surface area (Å²) in [4.78, 5) is 24.9. The molecule has 25 heavy (non-hydrogen) atoms. The van der Waals surface area contributed by atoms with E-state index in [0.717, 1.165) is 9.25 Å². The fourth-order valence-corrected chi connectivity index (χ4v) is 2.47. The lowest BCUT2D eigenvalue weighted by atomic mass is 10.2. The molecule has 0 spiro atoms. The van der Waals surface area contributed by atoms with Crippen LogP contribution in [0.1, 0.15) is 16.8 Å². The second kappa shape index (κ2) is 6.80. The molecule has 0 fully saturated rings. The van der Waals surface area contributed by atoms with Crippen LogP contribution in [0.5, 0.6) is 0 Å². The number of hydrogen-bond donors (Lipinski definition) is 0. The average molecular weight is 343 g/mol. The van der Waals surface area contributed by atoms with Crippen LogP contribution >= 0.6 is 0 Å². The topological polar surface area (TPSA) is 56.9 Å². The Morgan fingerprint density at radius 1 is 0.840 bits per heavy atom. The first-order valence-corrected chi connectivity index (χ1v) is 7.61. The highest BCUT2D eigenvalue weighted by atomic mass is 19.1. The molecule has 0 unspecified atom stereocenters. The molecule has 0 amide bonds. The highest BCUT2D eigenvalue weighted by Crippen LogP contribution is 2.05. The smallest absolute Gasteiger partial charge is 0.267 e. The Morgan fingerprint density at radius 2 is 1.32 bits per heavy atom. The molecular weight excluding hydrogens is 328 g/mol. The molecule has 0 aliphatic rings. The zero-order chi connectivity index (χ0) is 18.0. The maximum absolute atomic E-state index is 13.0. The lowest BCUT2D eigenvalue weighted by Gasteiger charge is -2.11. The lowest BCUT2D eigenvalue weighted by molar-refractivity contribution is 0.530. The van der Waals surface area contributed by atoms with Crippen molar-refractivity contribution in [2.75, 3.05) is 0 Å². The van der Waals surface area contributed by atoms with E-state index in [0.29, 0.717) is 11.1 Å². The standard InChI is InChI=1S/C18H15F2N3O2/c1-12-17(24)22(10-13-2-6-15(19)7-3-13)18(25)23(21-12)11-14-4-8-16(20)9-5-14/h2-9H,10-11H2,1H3. The summed E-state index contributed by atoms with van der Waals surface area (Å²) in [6.45, 7) is 1.65. The van der Waals surface area contributed by atoms with Gasteiger partial charge < -0.3 is 0 Å². The highest BCUT2D eigenvalue weighted by molar-refractivity contribution is 5.17. The van der Waals surface area contributed by atoms with Crippen molar-refractivity contribution in [1.82, 2.24) is 14.3 Å². The van der Waals surface area contributed by atoms with Crippen molar-refractivity contribution in [2.45, 2.75) is 20.0 Å². The van der Waals surface area contributed by atoms with E-state index in [1.165, 1.54) is 43.3 Å². The second-order valence-corrected chi connectivity index (χ2v) is 5.67. The third kappa shape index (κ3) is 3.71. The van der Waals surface area contributed by atoms with Crippen LogP contribution in [-0.2, 0) is 13.1 Å². The maximum Gasteiger partial charge on any atom is 0.348 e. The summed E-state index contributed by atoms with van der Waals surface area (Å²) in [5, 5.41) is 4.02. The number of hydrogen-bond acceptors (Lipinski definition) is 3. The van der Waals surface area contributed by atoms with Gasteiger partial charge in [-0.25, -0.2) is 18.3 Å². The molecule has 1 heterocycles. The first-order chi connectivity index (χ1) is 11.9. The summed E-state index contributed by atoms with van der Waals surface area (Å²) in [6, 6.07) is 11.3. The summed E-state index contributed by atoms with van der Waals surface area (Å²) in [5.74, 6) is -0.766. The lowest BCUT2D eigenvalue weighted by Crippen LogP contribution is -2.43. The van der Waals surface area contributed by atoms with Crippen LogP contribution < -0.4 is 11.2 Å². The molecule has 0 aliphatic heterocycles. The Labute approximate surface area is 141 Å². The summed E-state index contributed by atoms with van der Waals surface area (Å²) in [6.07, 6.45) is 0. The van der Waals surface area contributed by atoms with E-state index in [4.69, 9.17) is 0 Å². The molecule has 0 bridgehead atoms. The molecule has 2 aromatic carbocycles. The molecule has 0 aliphatic carbocycles. The van der Waals surface area contributed by atoms with Crippen LogP contribution in [0, 0.1) is 18.6 Å². The van der Waals surface area contributed by atoms with Crippen LogP contribution in [0.2, 0.25) is 0 Å². The first-order valence-electron chi connectivity index (χ1n) is 7.61. The Kier molecular flexibility index (Phi) is 4.56. The van der Waals surface area contributed by atoms with Gasteiger partial charge in [-0.05, 0) is 42.3 Å². The normalized spacial score (nSPS) is 10.8. The molecule has 0 atom stereocenters. The van der Waals surface area contributed by atoms with Crippen LogP contribution in [0.15, 0.2) is 58.1 Å².